The molecule has 108 valence electrons. The van der Waals surface area contributed by atoms with Crippen LogP contribution in [0.5, 0.6) is 0 Å². The Morgan fingerprint density at radius 3 is 2.68 bits per heavy atom. The van der Waals surface area contributed by atoms with E-state index >= 15 is 0 Å². The Kier molecular flexibility index (Phi) is 5.15. The number of carbonyl (C=O) groups is 2. The standard InChI is InChI=1S/C13H21NO5/c15-12(4-3-10-2-1-6-18-10)14-5-7-19-11(9-14)8-13(16)17/h10-11H,1-9H2,(H,16,17)/t10-,11-/m0/s1. The Morgan fingerprint density at radius 1 is 1.21 bits per heavy atom. The number of hydrogen-bond donors (Lipinski definition) is 1. The van der Waals surface area contributed by atoms with E-state index in [0.717, 1.165) is 25.9 Å². The average molecular weight is 271 g/mol. The van der Waals surface area contributed by atoms with Gasteiger partial charge < -0.3 is 19.5 Å². The van der Waals surface area contributed by atoms with E-state index in [1.807, 2.05) is 0 Å². The van der Waals surface area contributed by atoms with Gasteiger partial charge in [-0.2, -0.15) is 0 Å². The molecule has 0 spiro atoms. The highest BCUT2D eigenvalue weighted by Gasteiger charge is 2.26. The fourth-order valence-electron chi connectivity index (χ4n) is 2.58. The molecule has 1 N–H and O–H groups in total. The summed E-state index contributed by atoms with van der Waals surface area (Å²) < 4.78 is 10.8. The Bertz CT molecular complexity index is 327. The molecule has 2 fully saturated rings. The summed E-state index contributed by atoms with van der Waals surface area (Å²) in [6, 6.07) is 0. The summed E-state index contributed by atoms with van der Waals surface area (Å²) in [5, 5.41) is 8.74. The van der Waals surface area contributed by atoms with E-state index in [0.29, 0.717) is 26.1 Å². The molecule has 1 amide bonds. The second-order valence-electron chi connectivity index (χ2n) is 5.10. The first kappa shape index (κ1) is 14.3. The van der Waals surface area contributed by atoms with Gasteiger partial charge in [0, 0.05) is 26.1 Å². The third kappa shape index (κ3) is 4.47. The van der Waals surface area contributed by atoms with Crippen LogP contribution >= 0.6 is 0 Å². The van der Waals surface area contributed by atoms with Gasteiger partial charge in [0.05, 0.1) is 25.2 Å². The van der Waals surface area contributed by atoms with Crippen molar-refractivity contribution in [2.45, 2.75) is 44.3 Å². The summed E-state index contributed by atoms with van der Waals surface area (Å²) in [6.45, 7) is 2.16. The zero-order valence-electron chi connectivity index (χ0n) is 11.0. The van der Waals surface area contributed by atoms with Crippen molar-refractivity contribution in [3.8, 4) is 0 Å². The summed E-state index contributed by atoms with van der Waals surface area (Å²) >= 11 is 0. The Balaban J connectivity index is 1.73. The lowest BCUT2D eigenvalue weighted by Crippen LogP contribution is -2.46. The molecule has 2 saturated heterocycles. The predicted molar refractivity (Wildman–Crippen MR) is 66.8 cm³/mol. The third-order valence-electron chi connectivity index (χ3n) is 3.60. The van der Waals surface area contributed by atoms with Crippen LogP contribution in [0.15, 0.2) is 0 Å². The van der Waals surface area contributed by atoms with Crippen molar-refractivity contribution in [2.75, 3.05) is 26.3 Å². The van der Waals surface area contributed by atoms with Gasteiger partial charge in [-0.25, -0.2) is 0 Å². The van der Waals surface area contributed by atoms with Crippen LogP contribution in [0.1, 0.15) is 32.1 Å². The van der Waals surface area contributed by atoms with Gasteiger partial charge in [0.1, 0.15) is 0 Å². The summed E-state index contributed by atoms with van der Waals surface area (Å²) in [6.07, 6.45) is 3.16. The number of carboxylic acids is 1. The van der Waals surface area contributed by atoms with Crippen LogP contribution in [0.3, 0.4) is 0 Å². The molecular formula is C13H21NO5. The number of nitrogens with zero attached hydrogens (tertiary/aromatic N) is 1. The molecular weight excluding hydrogens is 250 g/mol. The molecule has 0 aromatic heterocycles. The van der Waals surface area contributed by atoms with Crippen molar-refractivity contribution >= 4 is 11.9 Å². The molecule has 0 aromatic carbocycles. The van der Waals surface area contributed by atoms with Crippen molar-refractivity contribution in [1.82, 2.24) is 4.90 Å². The Hall–Kier alpha value is -1.14. The van der Waals surface area contributed by atoms with Crippen molar-refractivity contribution in [3.05, 3.63) is 0 Å². The molecule has 6 nitrogen and oxygen atoms in total. The molecule has 2 atom stereocenters. The quantitative estimate of drug-likeness (QED) is 0.794. The van der Waals surface area contributed by atoms with Crippen LogP contribution in [0, 0.1) is 0 Å². The van der Waals surface area contributed by atoms with Gasteiger partial charge in [-0.15, -0.1) is 0 Å². The number of rotatable bonds is 5. The lowest BCUT2D eigenvalue weighted by molar-refractivity contribution is -0.147. The van der Waals surface area contributed by atoms with Gasteiger partial charge in [-0.3, -0.25) is 9.59 Å². The van der Waals surface area contributed by atoms with E-state index in [4.69, 9.17) is 14.6 Å². The van der Waals surface area contributed by atoms with Gasteiger partial charge >= 0.3 is 5.97 Å². The number of aliphatic carboxylic acids is 1. The molecule has 0 aliphatic carbocycles. The average Bonchev–Trinajstić information content (AvgIpc) is 2.88. The first-order valence-electron chi connectivity index (χ1n) is 6.88. The molecule has 2 heterocycles. The van der Waals surface area contributed by atoms with Gasteiger partial charge in [-0.1, -0.05) is 0 Å². The summed E-state index contributed by atoms with van der Waals surface area (Å²) in [4.78, 5) is 24.4. The molecule has 0 aromatic rings. The maximum absolute atomic E-state index is 12.1. The van der Waals surface area contributed by atoms with Crippen LogP contribution in [0.4, 0.5) is 0 Å². The van der Waals surface area contributed by atoms with E-state index in [-0.39, 0.29) is 24.5 Å². The number of morpholine rings is 1. The maximum Gasteiger partial charge on any atom is 0.306 e. The minimum atomic E-state index is -0.890. The molecule has 19 heavy (non-hydrogen) atoms. The first-order valence-corrected chi connectivity index (χ1v) is 6.88. The van der Waals surface area contributed by atoms with E-state index in [2.05, 4.69) is 0 Å². The number of amides is 1. The number of carbonyl (C=O) groups excluding carboxylic acids is 1. The lowest BCUT2D eigenvalue weighted by Gasteiger charge is -2.32. The van der Waals surface area contributed by atoms with Crippen molar-refractivity contribution in [2.24, 2.45) is 0 Å². The van der Waals surface area contributed by atoms with Crippen molar-refractivity contribution in [1.29, 1.82) is 0 Å². The Morgan fingerprint density at radius 2 is 2.00 bits per heavy atom. The summed E-state index contributed by atoms with van der Waals surface area (Å²) in [5.74, 6) is -0.812. The van der Waals surface area contributed by atoms with E-state index < -0.39 is 5.97 Å². The SMILES string of the molecule is O=C(O)C[C@H]1CN(C(=O)CC[C@@H]2CCCO2)CCO1. The molecule has 2 rings (SSSR count). The number of hydrogen-bond acceptors (Lipinski definition) is 4. The van der Waals surface area contributed by atoms with Gasteiger partial charge in [-0.05, 0) is 19.3 Å². The maximum atomic E-state index is 12.1. The molecule has 0 bridgehead atoms. The van der Waals surface area contributed by atoms with Crippen LogP contribution in [0.2, 0.25) is 0 Å². The highest BCUT2D eigenvalue weighted by atomic mass is 16.5. The number of ether oxygens (including phenoxy) is 2. The molecule has 6 heteroatoms. The molecule has 2 aliphatic rings. The Labute approximate surface area is 112 Å². The van der Waals surface area contributed by atoms with Gasteiger partial charge in [0.25, 0.3) is 0 Å². The van der Waals surface area contributed by atoms with E-state index in [9.17, 15) is 9.59 Å². The lowest BCUT2D eigenvalue weighted by atomic mass is 10.1. The van der Waals surface area contributed by atoms with E-state index in [1.165, 1.54) is 0 Å². The normalized spacial score (nSPS) is 27.5. The smallest absolute Gasteiger partial charge is 0.306 e. The summed E-state index contributed by atoms with van der Waals surface area (Å²) in [7, 11) is 0. The topological polar surface area (TPSA) is 76.1 Å². The van der Waals surface area contributed by atoms with Crippen LogP contribution in [-0.2, 0) is 19.1 Å². The zero-order valence-corrected chi connectivity index (χ0v) is 11.0. The van der Waals surface area contributed by atoms with Crippen molar-refractivity contribution < 1.29 is 24.2 Å². The van der Waals surface area contributed by atoms with E-state index in [1.54, 1.807) is 4.90 Å². The molecule has 0 saturated carbocycles. The van der Waals surface area contributed by atoms with Crippen LogP contribution in [0.25, 0.3) is 0 Å². The summed E-state index contributed by atoms with van der Waals surface area (Å²) in [5.41, 5.74) is 0. The van der Waals surface area contributed by atoms with Gasteiger partial charge in [0.15, 0.2) is 0 Å². The van der Waals surface area contributed by atoms with Gasteiger partial charge in [0.2, 0.25) is 5.91 Å². The van der Waals surface area contributed by atoms with Crippen LogP contribution < -0.4 is 0 Å². The monoisotopic (exact) mass is 271 g/mol. The molecule has 2 aliphatic heterocycles. The first-order chi connectivity index (χ1) is 9.15. The fraction of sp³-hybridized carbons (Fsp3) is 0.846. The van der Waals surface area contributed by atoms with Crippen molar-refractivity contribution in [3.63, 3.8) is 0 Å². The predicted octanol–water partition coefficient (Wildman–Crippen LogP) is 0.648. The highest BCUT2D eigenvalue weighted by molar-refractivity contribution is 5.76. The third-order valence-corrected chi connectivity index (χ3v) is 3.60. The minimum absolute atomic E-state index is 0.0461. The highest BCUT2D eigenvalue weighted by Crippen LogP contribution is 2.18. The zero-order chi connectivity index (χ0) is 13.7. The largest absolute Gasteiger partial charge is 0.481 e. The number of carboxylic acid groups (broad SMARTS) is 1. The fourth-order valence-corrected chi connectivity index (χ4v) is 2.58. The molecule has 0 radical (unpaired) electrons. The second kappa shape index (κ2) is 6.86. The molecule has 0 unspecified atom stereocenters. The second-order valence-corrected chi connectivity index (χ2v) is 5.10. The minimum Gasteiger partial charge on any atom is -0.481 e. The van der Waals surface area contributed by atoms with Crippen LogP contribution in [-0.4, -0.2) is 60.4 Å².